The van der Waals surface area contributed by atoms with Gasteiger partial charge in [0.2, 0.25) is 29.7 Å². The second-order valence-electron chi connectivity index (χ2n) is 26.8. The molecule has 3 aliphatic heterocycles. The van der Waals surface area contributed by atoms with Crippen LogP contribution in [-0.2, 0) is 62.9 Å². The molecule has 0 aliphatic carbocycles. The number of fused-ring (bicyclic) bond motifs is 3. The van der Waals surface area contributed by atoms with E-state index in [4.69, 9.17) is 102 Å². The van der Waals surface area contributed by atoms with Crippen LogP contribution in [0.2, 0.25) is 25.8 Å². The first-order chi connectivity index (χ1) is 59.9. The molecule has 18 N–H and O–H groups in total. The molecule has 0 spiro atoms. The van der Waals surface area contributed by atoms with E-state index < -0.39 is 17.9 Å². The van der Waals surface area contributed by atoms with Gasteiger partial charge in [-0.3, -0.25) is 63.4 Å². The molecule has 656 valence electrons. The molecule has 0 radical (unpaired) electrons. The number of hydrogen-bond donors (Lipinski definition) is 12. The number of nitrogens with one attached hydrogen (secondary N) is 4. The highest BCUT2D eigenvalue weighted by Crippen LogP contribution is 2.44. The van der Waals surface area contributed by atoms with Crippen LogP contribution >= 0.6 is 58.0 Å². The van der Waals surface area contributed by atoms with Gasteiger partial charge in [0.1, 0.15) is 31.6 Å². The first kappa shape index (κ1) is 97.1. The number of carbonyl (C=O) groups is 8. The number of nitrogen functional groups attached to an aromatic ring is 4. The van der Waals surface area contributed by atoms with Crippen molar-refractivity contribution in [1.29, 1.82) is 0 Å². The molecule has 0 bridgehead atoms. The Kier molecular flexibility index (Phi) is 36.8. The second kappa shape index (κ2) is 47.4. The molecule has 0 saturated heterocycles. The molecule has 14 rings (SSSR count). The minimum absolute atomic E-state index is 0.0243. The second-order valence-corrected chi connectivity index (χ2v) is 28.6. The van der Waals surface area contributed by atoms with Crippen molar-refractivity contribution in [2.45, 2.75) is 87.5 Å². The first-order valence-electron chi connectivity index (χ1n) is 38.5. The van der Waals surface area contributed by atoms with Gasteiger partial charge in [-0.25, -0.2) is 34.5 Å². The van der Waals surface area contributed by atoms with E-state index in [1.807, 2.05) is 43.3 Å². The quantitative estimate of drug-likeness (QED) is 0.0110. The monoisotopic (exact) mass is 1810 g/mol. The lowest BCUT2D eigenvalue weighted by Crippen LogP contribution is -2.34. The van der Waals surface area contributed by atoms with Crippen LogP contribution in [0.3, 0.4) is 0 Å². The zero-order valence-electron chi connectivity index (χ0n) is 68.9. The summed E-state index contributed by atoms with van der Waals surface area (Å²) in [4.78, 5) is 160. The fraction of sp³-hybridized carbons (Fsp3) is 0.268. The third kappa shape index (κ3) is 26.6. The van der Waals surface area contributed by atoms with Gasteiger partial charge in [0.05, 0.1) is 83.7 Å². The van der Waals surface area contributed by atoms with Gasteiger partial charge in [-0.15, -0.1) is 0 Å². The number of nitrogens with zero attached hydrogens (tertiary/aromatic N) is 17. The summed E-state index contributed by atoms with van der Waals surface area (Å²) >= 11 is 30.2. The normalized spacial score (nSPS) is 12.7. The van der Waals surface area contributed by atoms with Gasteiger partial charge in [-0.2, -0.15) is 15.0 Å². The molecule has 4 amide bonds. The Morgan fingerprint density at radius 2 is 0.968 bits per heavy atom. The predicted molar refractivity (Wildman–Crippen MR) is 477 cm³/mol. The Hall–Kier alpha value is -13.3. The third-order valence-electron chi connectivity index (χ3n) is 18.7. The van der Waals surface area contributed by atoms with E-state index in [2.05, 4.69) is 118 Å². The van der Waals surface area contributed by atoms with Crippen LogP contribution in [-0.4, -0.2) is 202 Å². The molecule has 0 fully saturated rings. The van der Waals surface area contributed by atoms with Crippen LogP contribution in [0.25, 0.3) is 23.3 Å². The summed E-state index contributed by atoms with van der Waals surface area (Å²) in [7, 11) is 0. The number of carbonyl (C=O) groups excluding carboxylic acids is 6. The molecule has 3 aliphatic rings. The lowest BCUT2D eigenvalue weighted by molar-refractivity contribution is -0.142. The van der Waals surface area contributed by atoms with Gasteiger partial charge >= 0.3 is 17.9 Å². The number of amides is 4. The van der Waals surface area contributed by atoms with Crippen LogP contribution in [0.1, 0.15) is 143 Å². The Morgan fingerprint density at radius 1 is 0.544 bits per heavy atom. The number of carboxylic acid groups (broad SMARTS) is 2. The minimum Gasteiger partial charge on any atom is -0.478 e. The fourth-order valence-corrected chi connectivity index (χ4v) is 13.5. The zero-order chi connectivity index (χ0) is 91.1. The lowest BCUT2D eigenvalue weighted by Gasteiger charge is -2.17. The van der Waals surface area contributed by atoms with Crippen molar-refractivity contribution < 1.29 is 53.3 Å². The van der Waals surface area contributed by atoms with Crippen LogP contribution < -0.4 is 54.4 Å². The maximum atomic E-state index is 13.5. The minimum atomic E-state index is -1.06. The Balaban J connectivity index is 0.000000194. The molecule has 0 aromatic carbocycles. The average Bonchev–Trinajstić information content (AvgIpc) is 1.60. The number of esters is 1. The van der Waals surface area contributed by atoms with Crippen molar-refractivity contribution in [3.05, 3.63) is 238 Å². The molecule has 125 heavy (non-hydrogen) atoms. The van der Waals surface area contributed by atoms with Crippen molar-refractivity contribution in [3.8, 4) is 0 Å². The number of anilines is 7. The molecular formula is C82H92Cl5N27O11. The van der Waals surface area contributed by atoms with Gasteiger partial charge < -0.3 is 79.4 Å². The summed E-state index contributed by atoms with van der Waals surface area (Å²) in [5, 5.41) is 21.1. The van der Waals surface area contributed by atoms with E-state index >= 15 is 0 Å². The molecule has 0 unspecified atom stereocenters. The Labute approximate surface area is 742 Å². The number of likely N-dealkylation sites (N-methyl/N-ethyl adjacent to an activating group) is 2. The molecule has 0 atom stereocenters. The summed E-state index contributed by atoms with van der Waals surface area (Å²) < 4.78 is 4.74. The average molecular weight is 1810 g/mol. The van der Waals surface area contributed by atoms with Crippen LogP contribution in [0, 0.1) is 13.8 Å². The number of nitrogens with two attached hydrogens (primary N) is 6. The van der Waals surface area contributed by atoms with Crippen molar-refractivity contribution in [2.24, 2.45) is 11.5 Å². The molecule has 14 heterocycles. The third-order valence-corrected chi connectivity index (χ3v) is 20.2. The molecular weight excluding hydrogens is 1720 g/mol. The smallest absolute Gasteiger partial charge is 0.337 e. The topological polar surface area (TPSA) is 573 Å². The number of aromatic carboxylic acids is 2. The highest BCUT2D eigenvalue weighted by Gasteiger charge is 2.40. The summed E-state index contributed by atoms with van der Waals surface area (Å²) in [5.41, 5.74) is 42.3. The maximum Gasteiger partial charge on any atom is 0.337 e. The number of rotatable bonds is 25. The zero-order valence-corrected chi connectivity index (χ0v) is 72.7. The van der Waals surface area contributed by atoms with Crippen molar-refractivity contribution >= 4 is 170 Å². The number of pyridine rings is 4. The van der Waals surface area contributed by atoms with Gasteiger partial charge in [0.25, 0.3) is 17.7 Å². The van der Waals surface area contributed by atoms with Crippen molar-refractivity contribution in [3.63, 3.8) is 0 Å². The van der Waals surface area contributed by atoms with Gasteiger partial charge in [0.15, 0.2) is 17.9 Å². The van der Waals surface area contributed by atoms with Crippen molar-refractivity contribution in [1.82, 2.24) is 89.9 Å². The summed E-state index contributed by atoms with van der Waals surface area (Å²) in [5.74, 6) is -2.34. The molecule has 38 nitrogen and oxygen atoms in total. The largest absolute Gasteiger partial charge is 0.478 e. The van der Waals surface area contributed by atoms with E-state index in [1.165, 1.54) is 28.3 Å². The van der Waals surface area contributed by atoms with E-state index in [0.717, 1.165) is 73.6 Å². The van der Waals surface area contributed by atoms with E-state index in [9.17, 15) is 43.5 Å². The number of aromatic amines is 3. The summed E-state index contributed by atoms with van der Waals surface area (Å²) in [6.07, 6.45) is 21.7. The predicted octanol–water partition coefficient (Wildman–Crippen LogP) is 9.45. The highest BCUT2D eigenvalue weighted by atomic mass is 35.5. The number of aromatic nitrogens is 15. The van der Waals surface area contributed by atoms with E-state index in [1.54, 1.807) is 98.8 Å². The first-order valence-corrected chi connectivity index (χ1v) is 40.4. The van der Waals surface area contributed by atoms with Gasteiger partial charge in [-0.05, 0) is 123 Å². The maximum absolute atomic E-state index is 13.5. The lowest BCUT2D eigenvalue weighted by atomic mass is 10.1. The van der Waals surface area contributed by atoms with Gasteiger partial charge in [0, 0.05) is 123 Å². The number of ether oxygens (including phenoxy) is 1. The molecule has 11 aromatic heterocycles. The van der Waals surface area contributed by atoms with Gasteiger partial charge in [-0.1, -0.05) is 110 Å². The molecule has 11 aromatic rings. The molecule has 0 saturated carbocycles. The number of aldehydes is 1. The van der Waals surface area contributed by atoms with Crippen LogP contribution in [0.15, 0.2) is 123 Å². The van der Waals surface area contributed by atoms with Crippen molar-refractivity contribution in [2.75, 3.05) is 96.6 Å². The standard InChI is InChI=1S/C25H29ClN8O2.C19H15ClN6O3.C12H10ClN5O.C8H9Cl2N3O2.C6H8N2.C6H16N2.C6H5NO3/c1-4-33(5-2)10-9-29-23(35)18-13-30-19(15(18)3)11-17-20-21(26)31-25(27)32-22(20)34(24(17)36)14-16-7-6-8-28-12-16;1-9-12(18(28)29)7-23-13(9)5-11-14-15(20)24-19(21)25-16(14)26(17(11)27)8-10-3-2-4-22-6-10;13-10-8-4-9(19)18(11(8)17-12(14)16-10)6-7-2-1-3-15-5-7;1-2-15-5(14)3-4-6(9)12-8(11)13-7(4)10;7-4-6-2-1-3-8-5-6;1-3-8(4-2)6-5-7;8-3-5-1-4(2-7-5)6(9)10/h6-8,11-13,30H,4-5,9-10,14H2,1-3H3,(H,29,35)(H2,27,31,32);2-7,23H,8H2,1H3,(H,28,29)(H2,21,24,25);1-3,5H,4,6H2,(H2,14,16,17);2-3H2,1H3,(H2,11,12,13);1-3,5H,4,7H2;3-7H2,1-2H3;1-3,7H,(H,9,10)/b17-11-;11-5-;;;;;. The Bertz CT molecular complexity index is 5620. The van der Waals surface area contributed by atoms with Crippen LogP contribution in [0.5, 0.6) is 0 Å². The van der Waals surface area contributed by atoms with E-state index in [-0.39, 0.29) is 122 Å². The summed E-state index contributed by atoms with van der Waals surface area (Å²) in [6, 6.07) is 16.1. The highest BCUT2D eigenvalue weighted by molar-refractivity contribution is 6.42. The Morgan fingerprint density at radius 3 is 1.35 bits per heavy atom. The summed E-state index contributed by atoms with van der Waals surface area (Å²) in [6.45, 7) is 22.6. The van der Waals surface area contributed by atoms with E-state index in [0.29, 0.717) is 100 Å². The number of H-pyrrole nitrogens is 3. The number of hydrogen-bond acceptors (Lipinski definition) is 29. The number of halogens is 5. The fourth-order valence-electron chi connectivity index (χ4n) is 12.2. The van der Waals surface area contributed by atoms with Crippen LogP contribution in [0.4, 0.5) is 41.2 Å². The number of carboxylic acids is 2. The SMILES string of the molecule is CCN(CC)CCN.CCN(CC)CCNC(=O)c1c[nH]c(/C=C2\C(=O)N(Cc3cccnc3)c3nc(N)nc(Cl)c32)c1C.CCOC(=O)Cc1c(Cl)nc(N)nc1Cl.Cc1c(C(=O)O)c[nH]c1/C=C1\C(=O)N(Cc2cccnc2)c2nc(N)nc(Cl)c21.NCc1cccnc1.Nc1nc(Cl)c2c(n1)N(Cc1cccnc1)C(=O)C2.O=Cc1cc(C(=O)O)c[nH]1. The molecule has 43 heteroatoms.